The van der Waals surface area contributed by atoms with Gasteiger partial charge < -0.3 is 5.32 Å². The zero-order chi connectivity index (χ0) is 15.4. The molecule has 2 rings (SSSR count). The average molecular weight is 349 g/mol. The maximum absolute atomic E-state index is 11.1. The number of aryl methyl sites for hydroxylation is 1. The van der Waals surface area contributed by atoms with Crippen molar-refractivity contribution in [1.29, 1.82) is 0 Å². The van der Waals surface area contributed by atoms with E-state index in [1.54, 1.807) is 12.1 Å². The number of nitro benzene ring substituents is 1. The van der Waals surface area contributed by atoms with E-state index in [1.165, 1.54) is 17.2 Å². The lowest BCUT2D eigenvalue weighted by atomic mass is 10.0. The summed E-state index contributed by atoms with van der Waals surface area (Å²) in [5.74, 6) is 0. The van der Waals surface area contributed by atoms with E-state index in [2.05, 4.69) is 47.2 Å². The lowest BCUT2D eigenvalue weighted by Gasteiger charge is -2.16. The number of hydrogen-bond acceptors (Lipinski definition) is 3. The van der Waals surface area contributed by atoms with Crippen LogP contribution in [0.2, 0.25) is 0 Å². The fraction of sp³-hybridized carbons (Fsp3) is 0.250. The molecule has 1 atom stereocenters. The molecule has 0 unspecified atom stereocenters. The van der Waals surface area contributed by atoms with Gasteiger partial charge in [-0.25, -0.2) is 0 Å². The van der Waals surface area contributed by atoms with Gasteiger partial charge in [-0.15, -0.1) is 0 Å². The first-order chi connectivity index (χ1) is 9.99. The van der Waals surface area contributed by atoms with E-state index in [0.29, 0.717) is 12.1 Å². The second-order valence-corrected chi connectivity index (χ2v) is 5.90. The van der Waals surface area contributed by atoms with Gasteiger partial charge in [-0.3, -0.25) is 10.1 Å². The van der Waals surface area contributed by atoms with Gasteiger partial charge in [0.1, 0.15) is 0 Å². The van der Waals surface area contributed by atoms with Crippen molar-refractivity contribution in [2.24, 2.45) is 0 Å². The molecule has 1 N–H and O–H groups in total. The van der Waals surface area contributed by atoms with Gasteiger partial charge in [-0.05, 0) is 37.1 Å². The molecular weight excluding hydrogens is 332 g/mol. The first kappa shape index (κ1) is 15.7. The van der Waals surface area contributed by atoms with Gasteiger partial charge in [-0.2, -0.15) is 0 Å². The van der Waals surface area contributed by atoms with Crippen LogP contribution in [0.15, 0.2) is 46.9 Å². The minimum absolute atomic E-state index is 0.129. The van der Waals surface area contributed by atoms with Gasteiger partial charge in [0.15, 0.2) is 0 Å². The third-order valence-electron chi connectivity index (χ3n) is 3.49. The number of halogens is 1. The summed E-state index contributed by atoms with van der Waals surface area (Å²) >= 11 is 3.36. The summed E-state index contributed by atoms with van der Waals surface area (Å²) in [7, 11) is 0. The van der Waals surface area contributed by atoms with Crippen LogP contribution in [0.5, 0.6) is 0 Å². The molecule has 0 radical (unpaired) electrons. The number of nitrogens with zero attached hydrogens (tertiary/aromatic N) is 1. The molecule has 0 spiro atoms. The minimum atomic E-state index is -0.345. The van der Waals surface area contributed by atoms with Crippen LogP contribution in [0.4, 0.5) is 5.69 Å². The van der Waals surface area contributed by atoms with Crippen molar-refractivity contribution in [3.8, 4) is 0 Å². The van der Waals surface area contributed by atoms with E-state index in [4.69, 9.17) is 0 Å². The fourth-order valence-electron chi connectivity index (χ4n) is 2.32. The molecule has 21 heavy (non-hydrogen) atoms. The van der Waals surface area contributed by atoms with Crippen LogP contribution in [0.3, 0.4) is 0 Å². The summed E-state index contributed by atoms with van der Waals surface area (Å²) in [4.78, 5) is 10.7. The van der Waals surface area contributed by atoms with Crippen molar-refractivity contribution in [3.05, 3.63) is 73.7 Å². The summed E-state index contributed by atoms with van der Waals surface area (Å²) in [6, 6.07) is 13.3. The lowest BCUT2D eigenvalue weighted by Crippen LogP contribution is -2.19. The van der Waals surface area contributed by atoms with E-state index in [-0.39, 0.29) is 16.7 Å². The molecule has 0 amide bonds. The number of benzene rings is 2. The molecule has 0 aliphatic rings. The van der Waals surface area contributed by atoms with Gasteiger partial charge in [0.25, 0.3) is 5.69 Å². The highest BCUT2D eigenvalue weighted by Crippen LogP contribution is 2.24. The Morgan fingerprint density at radius 2 is 2.00 bits per heavy atom. The second kappa shape index (κ2) is 6.83. The van der Waals surface area contributed by atoms with Crippen LogP contribution in [0.25, 0.3) is 0 Å². The first-order valence-corrected chi connectivity index (χ1v) is 7.50. The number of hydrogen-bond donors (Lipinski definition) is 1. The Morgan fingerprint density at radius 3 is 2.67 bits per heavy atom. The van der Waals surface area contributed by atoms with Gasteiger partial charge >= 0.3 is 0 Å². The van der Waals surface area contributed by atoms with Crippen molar-refractivity contribution in [1.82, 2.24) is 5.32 Å². The molecule has 0 saturated heterocycles. The summed E-state index contributed by atoms with van der Waals surface area (Å²) in [5.41, 5.74) is 3.23. The topological polar surface area (TPSA) is 55.2 Å². The van der Waals surface area contributed by atoms with Gasteiger partial charge in [-0.1, -0.05) is 40.2 Å². The average Bonchev–Trinajstić information content (AvgIpc) is 2.45. The molecule has 4 nitrogen and oxygen atoms in total. The Kier molecular flexibility index (Phi) is 5.09. The molecule has 5 heteroatoms. The predicted molar refractivity (Wildman–Crippen MR) is 87.2 cm³/mol. The Bertz CT molecular complexity index is 658. The summed E-state index contributed by atoms with van der Waals surface area (Å²) in [6.07, 6.45) is 0. The monoisotopic (exact) mass is 348 g/mol. The molecule has 0 saturated carbocycles. The van der Waals surface area contributed by atoms with E-state index < -0.39 is 0 Å². The zero-order valence-corrected chi connectivity index (χ0v) is 13.6. The lowest BCUT2D eigenvalue weighted by molar-refractivity contribution is -0.385. The van der Waals surface area contributed by atoms with Crippen molar-refractivity contribution in [3.63, 3.8) is 0 Å². The zero-order valence-electron chi connectivity index (χ0n) is 12.0. The van der Waals surface area contributed by atoms with E-state index in [1.807, 2.05) is 12.1 Å². The van der Waals surface area contributed by atoms with Crippen LogP contribution >= 0.6 is 15.9 Å². The van der Waals surface area contributed by atoms with E-state index in [0.717, 1.165) is 4.47 Å². The van der Waals surface area contributed by atoms with Crippen LogP contribution in [-0.2, 0) is 6.54 Å². The maximum Gasteiger partial charge on any atom is 0.273 e. The largest absolute Gasteiger partial charge is 0.306 e. The molecule has 110 valence electrons. The Balaban J connectivity index is 2.15. The van der Waals surface area contributed by atoms with Gasteiger partial charge in [0.2, 0.25) is 0 Å². The molecule has 0 fully saturated rings. The maximum atomic E-state index is 11.1. The molecule has 2 aromatic rings. The molecule has 2 aromatic carbocycles. The van der Waals surface area contributed by atoms with Crippen LogP contribution in [0.1, 0.15) is 29.7 Å². The van der Waals surface area contributed by atoms with Crippen molar-refractivity contribution in [2.75, 3.05) is 0 Å². The van der Waals surface area contributed by atoms with Gasteiger partial charge in [0, 0.05) is 28.7 Å². The van der Waals surface area contributed by atoms with E-state index >= 15 is 0 Å². The third-order valence-corrected chi connectivity index (χ3v) is 3.99. The van der Waals surface area contributed by atoms with Crippen molar-refractivity contribution < 1.29 is 4.92 Å². The molecule has 0 bridgehead atoms. The quantitative estimate of drug-likeness (QED) is 0.638. The highest BCUT2D eigenvalue weighted by atomic mass is 79.9. The third kappa shape index (κ3) is 3.89. The number of rotatable bonds is 5. The van der Waals surface area contributed by atoms with Gasteiger partial charge in [0.05, 0.1) is 4.92 Å². The minimum Gasteiger partial charge on any atom is -0.306 e. The Morgan fingerprint density at radius 1 is 1.29 bits per heavy atom. The Hall–Kier alpha value is -1.72. The van der Waals surface area contributed by atoms with Crippen LogP contribution in [0, 0.1) is 17.0 Å². The SMILES string of the molecule is Cc1ccccc1[C@@H](C)NCc1cc(Br)ccc1[N+](=O)[O-]. The number of nitro groups is 1. The highest BCUT2D eigenvalue weighted by Gasteiger charge is 2.15. The molecular formula is C16H17BrN2O2. The van der Waals surface area contributed by atoms with E-state index in [9.17, 15) is 10.1 Å². The molecule has 0 aliphatic carbocycles. The van der Waals surface area contributed by atoms with Crippen molar-refractivity contribution in [2.45, 2.75) is 26.4 Å². The molecule has 0 heterocycles. The summed E-state index contributed by atoms with van der Waals surface area (Å²) < 4.78 is 0.841. The Labute approximate surface area is 132 Å². The summed E-state index contributed by atoms with van der Waals surface area (Å²) in [6.45, 7) is 4.58. The van der Waals surface area contributed by atoms with Crippen molar-refractivity contribution >= 4 is 21.6 Å². The second-order valence-electron chi connectivity index (χ2n) is 4.99. The normalized spacial score (nSPS) is 12.1. The standard InChI is InChI=1S/C16H17BrN2O2/c1-11-5-3-4-6-15(11)12(2)18-10-13-9-14(17)7-8-16(13)19(20)21/h3-9,12,18H,10H2,1-2H3/t12-/m1/s1. The summed E-state index contributed by atoms with van der Waals surface area (Å²) in [5, 5.41) is 14.4. The van der Waals surface area contributed by atoms with Crippen LogP contribution in [-0.4, -0.2) is 4.92 Å². The smallest absolute Gasteiger partial charge is 0.273 e. The molecule has 0 aliphatic heterocycles. The first-order valence-electron chi connectivity index (χ1n) is 6.70. The molecule has 0 aromatic heterocycles. The predicted octanol–water partition coefficient (Wildman–Crippen LogP) is 4.52. The number of nitrogens with one attached hydrogen (secondary N) is 1. The van der Waals surface area contributed by atoms with Crippen LogP contribution < -0.4 is 5.32 Å². The fourth-order valence-corrected chi connectivity index (χ4v) is 2.73. The highest BCUT2D eigenvalue weighted by molar-refractivity contribution is 9.10.